The van der Waals surface area contributed by atoms with Gasteiger partial charge in [0, 0.05) is 6.42 Å². The molecule has 12 N–H and O–H groups in total. The molecule has 19 heteroatoms. The Balaban J connectivity index is 1.50. The average molecular weight is 1050 g/mol. The van der Waals surface area contributed by atoms with E-state index in [1.807, 2.05) is 0 Å². The van der Waals surface area contributed by atoms with Gasteiger partial charge in [0.2, 0.25) is 5.91 Å². The van der Waals surface area contributed by atoms with Gasteiger partial charge in [0.25, 0.3) is 0 Å². The van der Waals surface area contributed by atoms with Crippen LogP contribution in [-0.2, 0) is 33.2 Å². The van der Waals surface area contributed by atoms with Gasteiger partial charge in [0.1, 0.15) is 73.2 Å². The van der Waals surface area contributed by atoms with Crippen LogP contribution in [0.2, 0.25) is 0 Å². The second kappa shape index (κ2) is 38.3. The van der Waals surface area contributed by atoms with E-state index in [1.165, 1.54) is 32.1 Å². The summed E-state index contributed by atoms with van der Waals surface area (Å²) < 4.78 is 34.2. The third-order valence-corrected chi connectivity index (χ3v) is 13.7. The molecular formula is C54H95NO18. The maximum absolute atomic E-state index is 13.3. The van der Waals surface area contributed by atoms with Gasteiger partial charge in [-0.1, -0.05) is 146 Å². The molecule has 0 saturated carbocycles. The maximum atomic E-state index is 13.3. The summed E-state index contributed by atoms with van der Waals surface area (Å²) >= 11 is 0. The van der Waals surface area contributed by atoms with Crippen LogP contribution in [0.1, 0.15) is 155 Å². The van der Waals surface area contributed by atoms with Crippen LogP contribution in [0.3, 0.4) is 0 Å². The lowest BCUT2D eigenvalue weighted by molar-refractivity contribution is -0.379. The number of unbranched alkanes of at least 4 members (excludes halogenated alkanes) is 14. The van der Waals surface area contributed by atoms with E-state index in [2.05, 4.69) is 67.8 Å². The minimum absolute atomic E-state index is 0.248. The van der Waals surface area contributed by atoms with Crippen LogP contribution >= 0.6 is 0 Å². The number of rotatable bonds is 38. The quantitative estimate of drug-likeness (QED) is 0.0312. The Morgan fingerprint density at radius 3 is 1.48 bits per heavy atom. The van der Waals surface area contributed by atoms with Gasteiger partial charge in [-0.25, -0.2) is 0 Å². The highest BCUT2D eigenvalue weighted by Crippen LogP contribution is 2.33. The minimum atomic E-state index is -1.97. The van der Waals surface area contributed by atoms with Gasteiger partial charge in [0.05, 0.1) is 38.6 Å². The van der Waals surface area contributed by atoms with E-state index in [-0.39, 0.29) is 18.9 Å². The number of hydrogen-bond donors (Lipinski definition) is 12. The molecule has 0 aromatic carbocycles. The highest BCUT2D eigenvalue weighted by Gasteiger charge is 2.53. The van der Waals surface area contributed by atoms with Crippen molar-refractivity contribution >= 4 is 5.91 Å². The smallest absolute Gasteiger partial charge is 0.220 e. The number of hydrogen-bond acceptors (Lipinski definition) is 18. The van der Waals surface area contributed by atoms with E-state index in [0.717, 1.165) is 89.9 Å². The molecule has 17 atom stereocenters. The van der Waals surface area contributed by atoms with Gasteiger partial charge >= 0.3 is 0 Å². The summed E-state index contributed by atoms with van der Waals surface area (Å²) in [6, 6.07) is -0.893. The number of carbonyl (C=O) groups is 1. The zero-order chi connectivity index (χ0) is 53.4. The third-order valence-electron chi connectivity index (χ3n) is 13.7. The maximum Gasteiger partial charge on any atom is 0.220 e. The summed E-state index contributed by atoms with van der Waals surface area (Å²) in [5, 5.41) is 120. The molecule has 0 aliphatic carbocycles. The highest BCUT2D eigenvalue weighted by molar-refractivity contribution is 5.76. The van der Waals surface area contributed by atoms with Crippen molar-refractivity contribution in [1.82, 2.24) is 5.32 Å². The molecular weight excluding hydrogens is 951 g/mol. The molecule has 1 amide bonds. The van der Waals surface area contributed by atoms with Gasteiger partial charge in [-0.05, 0) is 51.4 Å². The molecule has 3 saturated heterocycles. The van der Waals surface area contributed by atoms with Gasteiger partial charge in [-0.15, -0.1) is 0 Å². The van der Waals surface area contributed by atoms with E-state index in [1.54, 1.807) is 0 Å². The molecule has 0 bridgehead atoms. The first-order valence-corrected chi connectivity index (χ1v) is 27.4. The van der Waals surface area contributed by atoms with Crippen molar-refractivity contribution in [3.8, 4) is 0 Å². The van der Waals surface area contributed by atoms with Crippen LogP contribution in [0, 0.1) is 0 Å². The van der Waals surface area contributed by atoms with E-state index in [4.69, 9.17) is 28.4 Å². The van der Waals surface area contributed by atoms with Crippen LogP contribution in [0.25, 0.3) is 0 Å². The molecule has 424 valence electrons. The summed E-state index contributed by atoms with van der Waals surface area (Å²) in [6.45, 7) is 1.60. The molecule has 0 aromatic heterocycles. The second-order valence-electron chi connectivity index (χ2n) is 19.7. The molecule has 0 aromatic rings. The molecule has 0 spiro atoms. The first kappa shape index (κ1) is 65.0. The van der Waals surface area contributed by atoms with E-state index in [9.17, 15) is 61.0 Å². The highest BCUT2D eigenvalue weighted by atomic mass is 16.8. The molecule has 3 aliphatic heterocycles. The minimum Gasteiger partial charge on any atom is -0.394 e. The number of aliphatic hydroxyl groups excluding tert-OH is 11. The first-order valence-electron chi connectivity index (χ1n) is 27.4. The van der Waals surface area contributed by atoms with Crippen LogP contribution in [0.4, 0.5) is 0 Å². The fourth-order valence-electron chi connectivity index (χ4n) is 9.13. The van der Waals surface area contributed by atoms with Crippen LogP contribution < -0.4 is 5.32 Å². The number of aliphatic hydroxyl groups is 11. The SMILES string of the molecule is CC/C=C\C/C=C\C/C=C\C/C=C\CCCCCCCCC(=O)NC(COC1OC(CO)C(OC2OC(CO)C(OC3OC(CO)C(O)C(O)C3O)C(O)C2O)C(O)C1O)C(O)CCCCCCCCCCC. The summed E-state index contributed by atoms with van der Waals surface area (Å²) in [5.41, 5.74) is 0. The molecule has 3 fully saturated rings. The van der Waals surface area contributed by atoms with Crippen molar-refractivity contribution in [2.45, 2.75) is 259 Å². The zero-order valence-electron chi connectivity index (χ0n) is 43.6. The Kier molecular flexibility index (Phi) is 34.1. The first-order chi connectivity index (χ1) is 35.3. The number of carbonyl (C=O) groups excluding carboxylic acids is 1. The van der Waals surface area contributed by atoms with Gasteiger partial charge in [-0.2, -0.15) is 0 Å². The Bertz CT molecular complexity index is 1530. The van der Waals surface area contributed by atoms with Gasteiger partial charge < -0.3 is 89.9 Å². The summed E-state index contributed by atoms with van der Waals surface area (Å²) in [7, 11) is 0. The number of allylic oxidation sites excluding steroid dienone is 8. The lowest BCUT2D eigenvalue weighted by Crippen LogP contribution is -2.66. The normalized spacial score (nSPS) is 32.1. The van der Waals surface area contributed by atoms with Crippen molar-refractivity contribution < 1.29 is 89.4 Å². The average Bonchev–Trinajstić information content (AvgIpc) is 3.39. The molecule has 3 aliphatic rings. The van der Waals surface area contributed by atoms with Crippen LogP contribution in [-0.4, -0.2) is 193 Å². The second-order valence-corrected chi connectivity index (χ2v) is 19.7. The molecule has 3 heterocycles. The zero-order valence-corrected chi connectivity index (χ0v) is 43.6. The number of ether oxygens (including phenoxy) is 6. The number of nitrogens with one attached hydrogen (secondary N) is 1. The fourth-order valence-corrected chi connectivity index (χ4v) is 9.13. The van der Waals surface area contributed by atoms with Crippen molar-refractivity contribution in [3.05, 3.63) is 48.6 Å². The Morgan fingerprint density at radius 1 is 0.507 bits per heavy atom. The summed E-state index contributed by atoms with van der Waals surface area (Å²) in [5.74, 6) is -0.263. The summed E-state index contributed by atoms with van der Waals surface area (Å²) in [6.07, 6.45) is 12.2. The molecule has 19 nitrogen and oxygen atoms in total. The van der Waals surface area contributed by atoms with Crippen molar-refractivity contribution in [3.63, 3.8) is 0 Å². The third kappa shape index (κ3) is 23.5. The fraction of sp³-hybridized carbons (Fsp3) is 0.833. The van der Waals surface area contributed by atoms with Crippen molar-refractivity contribution in [2.24, 2.45) is 0 Å². The Hall–Kier alpha value is -2.25. The molecule has 73 heavy (non-hydrogen) atoms. The van der Waals surface area contributed by atoms with E-state index < -0.39 is 124 Å². The van der Waals surface area contributed by atoms with Crippen LogP contribution in [0.5, 0.6) is 0 Å². The number of amides is 1. The Morgan fingerprint density at radius 2 is 0.945 bits per heavy atom. The predicted molar refractivity (Wildman–Crippen MR) is 272 cm³/mol. The lowest BCUT2D eigenvalue weighted by Gasteiger charge is -2.48. The molecule has 3 rings (SSSR count). The van der Waals surface area contributed by atoms with Crippen molar-refractivity contribution in [2.75, 3.05) is 26.4 Å². The van der Waals surface area contributed by atoms with Crippen molar-refractivity contribution in [1.29, 1.82) is 0 Å². The largest absolute Gasteiger partial charge is 0.394 e. The van der Waals surface area contributed by atoms with Gasteiger partial charge in [-0.3, -0.25) is 4.79 Å². The van der Waals surface area contributed by atoms with Gasteiger partial charge in [0.15, 0.2) is 18.9 Å². The van der Waals surface area contributed by atoms with E-state index in [0.29, 0.717) is 12.8 Å². The standard InChI is InChI=1S/C54H95NO18/c1-3-5-7-9-11-13-14-15-16-17-18-19-20-21-22-24-26-28-30-32-42(60)55-37(38(59)31-29-27-25-23-12-10-8-6-4-2)36-68-52-48(66)45(63)50(40(34-57)70-52)73-54-49(67)46(64)51(41(35-58)71-54)72-53-47(65)44(62)43(61)39(33-56)69-53/h5,7,11,13,15-16,18-19,37-41,43-54,56-59,61-67H,3-4,6,8-10,12,14,17,20-36H2,1-2H3,(H,55,60)/b7-5-,13-11-,16-15-,19-18-. The van der Waals surface area contributed by atoms with Crippen LogP contribution in [0.15, 0.2) is 48.6 Å². The summed E-state index contributed by atoms with van der Waals surface area (Å²) in [4.78, 5) is 13.3. The Labute approximate surface area is 433 Å². The lowest BCUT2D eigenvalue weighted by atomic mass is 9.96. The molecule has 0 radical (unpaired) electrons. The van der Waals surface area contributed by atoms with E-state index >= 15 is 0 Å². The predicted octanol–water partition coefficient (Wildman–Crippen LogP) is 3.14. The topological polar surface area (TPSA) is 307 Å². The molecule has 17 unspecified atom stereocenters. The monoisotopic (exact) mass is 1050 g/mol.